The number of thioether (sulfide) groups is 1. The Bertz CT molecular complexity index is 497. The lowest BCUT2D eigenvalue weighted by atomic mass is 10.3. The van der Waals surface area contributed by atoms with Gasteiger partial charge in [0.25, 0.3) is 0 Å². The molecule has 1 aromatic rings. The Morgan fingerprint density at radius 1 is 1.33 bits per heavy atom. The van der Waals surface area contributed by atoms with Crippen LogP contribution >= 0.6 is 11.8 Å². The zero-order chi connectivity index (χ0) is 15.2. The number of hydrogen-bond acceptors (Lipinski definition) is 6. The fourth-order valence-corrected chi connectivity index (χ4v) is 2.82. The number of aromatic nitrogens is 1. The summed E-state index contributed by atoms with van der Waals surface area (Å²) in [4.78, 5) is 26.3. The summed E-state index contributed by atoms with van der Waals surface area (Å²) in [6, 6.07) is 1.92. The summed E-state index contributed by atoms with van der Waals surface area (Å²) in [7, 11) is 0. The number of carboxylic acid groups (broad SMARTS) is 1. The number of amides is 1. The molecule has 0 spiro atoms. The highest BCUT2D eigenvalue weighted by Gasteiger charge is 2.21. The molecule has 1 saturated heterocycles. The summed E-state index contributed by atoms with van der Waals surface area (Å²) < 4.78 is 5.19. The molecule has 2 rings (SSSR count). The van der Waals surface area contributed by atoms with E-state index < -0.39 is 5.97 Å². The Balaban J connectivity index is 1.70. The van der Waals surface area contributed by atoms with E-state index in [4.69, 9.17) is 9.63 Å². The minimum absolute atomic E-state index is 0.0106. The molecule has 1 aromatic heterocycles. The highest BCUT2D eigenvalue weighted by molar-refractivity contribution is 8.00. The van der Waals surface area contributed by atoms with Crippen LogP contribution in [0.1, 0.15) is 11.5 Å². The van der Waals surface area contributed by atoms with E-state index in [0.717, 1.165) is 36.3 Å². The summed E-state index contributed by atoms with van der Waals surface area (Å²) in [5.74, 6) is 0.158. The largest absolute Gasteiger partial charge is 0.481 e. The molecule has 0 aromatic carbocycles. The van der Waals surface area contributed by atoms with Crippen LogP contribution in [0.25, 0.3) is 0 Å². The van der Waals surface area contributed by atoms with Crippen molar-refractivity contribution in [2.24, 2.45) is 0 Å². The monoisotopic (exact) mass is 313 g/mol. The highest BCUT2D eigenvalue weighted by atomic mass is 32.2. The number of aliphatic carboxylic acids is 1. The van der Waals surface area contributed by atoms with Crippen LogP contribution in [0.2, 0.25) is 0 Å². The van der Waals surface area contributed by atoms with E-state index in [1.54, 1.807) is 4.90 Å². The molecule has 1 N–H and O–H groups in total. The van der Waals surface area contributed by atoms with Gasteiger partial charge in [-0.05, 0) is 6.92 Å². The second-order valence-electron chi connectivity index (χ2n) is 4.98. The molecule has 7 nitrogen and oxygen atoms in total. The van der Waals surface area contributed by atoms with Crippen LogP contribution in [0.5, 0.6) is 0 Å². The lowest BCUT2D eigenvalue weighted by molar-refractivity contribution is -0.133. The first-order valence-electron chi connectivity index (χ1n) is 6.76. The number of hydrogen-bond donors (Lipinski definition) is 1. The van der Waals surface area contributed by atoms with Gasteiger partial charge in [-0.1, -0.05) is 5.16 Å². The molecular formula is C13H19N3O4S. The van der Waals surface area contributed by atoms with Crippen molar-refractivity contribution in [3.05, 3.63) is 17.5 Å². The fraction of sp³-hybridized carbons (Fsp3) is 0.615. The lowest BCUT2D eigenvalue weighted by Crippen LogP contribution is -2.48. The molecule has 116 valence electrons. The first-order valence-corrected chi connectivity index (χ1v) is 7.92. The van der Waals surface area contributed by atoms with Crippen molar-refractivity contribution in [3.8, 4) is 0 Å². The topological polar surface area (TPSA) is 86.9 Å². The van der Waals surface area contributed by atoms with Crippen LogP contribution in [-0.2, 0) is 16.1 Å². The van der Waals surface area contributed by atoms with Gasteiger partial charge in [0.2, 0.25) is 5.91 Å². The van der Waals surface area contributed by atoms with Gasteiger partial charge in [-0.3, -0.25) is 14.5 Å². The smallest absolute Gasteiger partial charge is 0.313 e. The third kappa shape index (κ3) is 5.05. The minimum atomic E-state index is -0.889. The molecule has 0 atom stereocenters. The maximum absolute atomic E-state index is 11.9. The van der Waals surface area contributed by atoms with Gasteiger partial charge in [-0.2, -0.15) is 0 Å². The third-order valence-electron chi connectivity index (χ3n) is 3.23. The number of carbonyl (C=O) groups excluding carboxylic acids is 1. The fourth-order valence-electron chi connectivity index (χ4n) is 2.18. The van der Waals surface area contributed by atoms with Crippen molar-refractivity contribution in [2.45, 2.75) is 13.5 Å². The molecule has 0 unspecified atom stereocenters. The maximum Gasteiger partial charge on any atom is 0.313 e. The SMILES string of the molecule is Cc1cc(CN2CCN(C(=O)CSCC(=O)O)CC2)on1. The second kappa shape index (κ2) is 7.46. The van der Waals surface area contributed by atoms with Crippen LogP contribution in [-0.4, -0.2) is 69.6 Å². The summed E-state index contributed by atoms with van der Waals surface area (Å²) in [6.45, 7) is 5.50. The number of piperazine rings is 1. The average Bonchev–Trinajstić information content (AvgIpc) is 2.84. The van der Waals surface area contributed by atoms with E-state index in [9.17, 15) is 9.59 Å². The molecule has 1 fully saturated rings. The Labute approximate surface area is 127 Å². The first kappa shape index (κ1) is 15.8. The predicted molar refractivity (Wildman–Crippen MR) is 78.1 cm³/mol. The number of rotatable bonds is 6. The van der Waals surface area contributed by atoms with Crippen molar-refractivity contribution in [1.82, 2.24) is 15.0 Å². The van der Waals surface area contributed by atoms with Crippen LogP contribution in [0, 0.1) is 6.92 Å². The van der Waals surface area contributed by atoms with E-state index in [1.165, 1.54) is 0 Å². The van der Waals surface area contributed by atoms with E-state index in [-0.39, 0.29) is 17.4 Å². The van der Waals surface area contributed by atoms with Gasteiger partial charge >= 0.3 is 5.97 Å². The van der Waals surface area contributed by atoms with Crippen molar-refractivity contribution in [3.63, 3.8) is 0 Å². The minimum Gasteiger partial charge on any atom is -0.481 e. The van der Waals surface area contributed by atoms with Gasteiger partial charge in [0.1, 0.15) is 0 Å². The highest BCUT2D eigenvalue weighted by Crippen LogP contribution is 2.11. The van der Waals surface area contributed by atoms with Gasteiger partial charge in [0.05, 0.1) is 23.7 Å². The molecule has 8 heteroatoms. The van der Waals surface area contributed by atoms with E-state index in [2.05, 4.69) is 10.1 Å². The molecule has 0 saturated carbocycles. The molecule has 2 heterocycles. The van der Waals surface area contributed by atoms with Gasteiger partial charge in [-0.25, -0.2) is 0 Å². The first-order chi connectivity index (χ1) is 10.0. The van der Waals surface area contributed by atoms with Crippen molar-refractivity contribution in [1.29, 1.82) is 0 Å². The third-order valence-corrected chi connectivity index (χ3v) is 4.13. The van der Waals surface area contributed by atoms with E-state index in [1.807, 2.05) is 13.0 Å². The maximum atomic E-state index is 11.9. The summed E-state index contributed by atoms with van der Waals surface area (Å²) in [5.41, 5.74) is 0.870. The Kier molecular flexibility index (Phi) is 5.63. The molecule has 1 amide bonds. The van der Waals surface area contributed by atoms with Crippen LogP contribution in [0.4, 0.5) is 0 Å². The molecule has 21 heavy (non-hydrogen) atoms. The summed E-state index contributed by atoms with van der Waals surface area (Å²) >= 11 is 1.14. The zero-order valence-corrected chi connectivity index (χ0v) is 12.8. The van der Waals surface area contributed by atoms with Crippen molar-refractivity contribution in [2.75, 3.05) is 37.7 Å². The van der Waals surface area contributed by atoms with Gasteiger partial charge in [0.15, 0.2) is 5.76 Å². The van der Waals surface area contributed by atoms with Crippen molar-refractivity contribution < 1.29 is 19.2 Å². The number of aryl methyl sites for hydroxylation is 1. The van der Waals surface area contributed by atoms with Gasteiger partial charge in [0, 0.05) is 32.2 Å². The van der Waals surface area contributed by atoms with Crippen molar-refractivity contribution >= 4 is 23.6 Å². The van der Waals surface area contributed by atoms with E-state index >= 15 is 0 Å². The predicted octanol–water partition coefficient (Wildman–Crippen LogP) is 0.445. The Morgan fingerprint density at radius 2 is 2.05 bits per heavy atom. The Hall–Kier alpha value is -1.54. The standard InChI is InChI=1S/C13H19N3O4S/c1-10-6-11(20-14-10)7-15-2-4-16(5-3-15)12(17)8-21-9-13(18)19/h6H,2-5,7-9H2,1H3,(H,18,19). The quantitative estimate of drug-likeness (QED) is 0.815. The Morgan fingerprint density at radius 3 is 2.62 bits per heavy atom. The van der Waals surface area contributed by atoms with Gasteiger partial charge < -0.3 is 14.5 Å². The average molecular weight is 313 g/mol. The number of nitrogens with zero attached hydrogens (tertiary/aromatic N) is 3. The summed E-state index contributed by atoms with van der Waals surface area (Å²) in [6.07, 6.45) is 0. The number of carboxylic acids is 1. The van der Waals surface area contributed by atoms with Crippen LogP contribution in [0.15, 0.2) is 10.6 Å². The molecule has 0 aliphatic carbocycles. The lowest BCUT2D eigenvalue weighted by Gasteiger charge is -2.34. The number of carbonyl (C=O) groups is 2. The van der Waals surface area contributed by atoms with Gasteiger partial charge in [-0.15, -0.1) is 11.8 Å². The summed E-state index contributed by atoms with van der Waals surface area (Å²) in [5, 5.41) is 12.4. The van der Waals surface area contributed by atoms with Crippen LogP contribution in [0.3, 0.4) is 0 Å². The molecule has 1 aliphatic heterocycles. The second-order valence-corrected chi connectivity index (χ2v) is 5.96. The van der Waals surface area contributed by atoms with Crippen LogP contribution < -0.4 is 0 Å². The molecule has 0 bridgehead atoms. The normalized spacial score (nSPS) is 16.1. The molecular weight excluding hydrogens is 294 g/mol. The zero-order valence-electron chi connectivity index (χ0n) is 11.9. The molecule has 0 radical (unpaired) electrons. The molecule has 1 aliphatic rings. The van der Waals surface area contributed by atoms with E-state index in [0.29, 0.717) is 19.6 Å².